The van der Waals surface area contributed by atoms with Gasteiger partial charge in [0.25, 0.3) is 11.4 Å². The molecule has 0 radical (unpaired) electrons. The molecule has 2 amide bonds. The summed E-state index contributed by atoms with van der Waals surface area (Å²) in [7, 11) is 0. The minimum atomic E-state index is -1.00. The highest BCUT2D eigenvalue weighted by Crippen LogP contribution is 2.22. The number of amides is 2. The van der Waals surface area contributed by atoms with Gasteiger partial charge in [0.1, 0.15) is 24.7 Å². The van der Waals surface area contributed by atoms with Crippen molar-refractivity contribution < 1.29 is 23.5 Å². The molecule has 0 aliphatic rings. The summed E-state index contributed by atoms with van der Waals surface area (Å²) < 4.78 is 12.0. The highest BCUT2D eigenvalue weighted by Gasteiger charge is 2.32. The molecule has 2 aromatic heterocycles. The van der Waals surface area contributed by atoms with Gasteiger partial charge in [0.2, 0.25) is 17.6 Å². The van der Waals surface area contributed by atoms with Gasteiger partial charge in [0, 0.05) is 11.0 Å². The summed E-state index contributed by atoms with van der Waals surface area (Å²) in [6.07, 6.45) is 0.358. The van der Waals surface area contributed by atoms with E-state index in [1.54, 1.807) is 56.3 Å². The Kier molecular flexibility index (Phi) is 9.49. The molecule has 2 aromatic carbocycles. The van der Waals surface area contributed by atoms with Crippen molar-refractivity contribution in [1.82, 2.24) is 25.1 Å². The zero-order valence-electron chi connectivity index (χ0n) is 24.7. The van der Waals surface area contributed by atoms with E-state index in [-0.39, 0.29) is 29.9 Å². The molecule has 2 N–H and O–H groups in total. The molecule has 0 bridgehead atoms. The Bertz CT molecular complexity index is 1640. The molecule has 4 rings (SSSR count). The van der Waals surface area contributed by atoms with Crippen molar-refractivity contribution in [2.75, 3.05) is 5.32 Å². The number of anilines is 1. The third-order valence-corrected chi connectivity index (χ3v) is 6.37. The lowest BCUT2D eigenvalue weighted by Crippen LogP contribution is -2.46. The largest absolute Gasteiger partial charge is 0.444 e. The number of ether oxygens (including phenoxy) is 1. The Morgan fingerprint density at radius 3 is 2.23 bits per heavy atom. The first-order chi connectivity index (χ1) is 20.4. The summed E-state index contributed by atoms with van der Waals surface area (Å²) in [4.78, 5) is 57.0. The van der Waals surface area contributed by atoms with Gasteiger partial charge in [-0.05, 0) is 11.5 Å². The van der Waals surface area contributed by atoms with Crippen LogP contribution in [0.25, 0.3) is 11.4 Å². The van der Waals surface area contributed by atoms with E-state index in [2.05, 4.69) is 25.8 Å². The number of Topliss-reactive ketones (excluding diaryl/α,β-unsaturated/α-hetero) is 1. The van der Waals surface area contributed by atoms with Crippen molar-refractivity contribution in [3.05, 3.63) is 94.6 Å². The van der Waals surface area contributed by atoms with Gasteiger partial charge in [0.05, 0.1) is 12.2 Å². The van der Waals surface area contributed by atoms with Gasteiger partial charge in [-0.2, -0.15) is 0 Å². The maximum Gasteiger partial charge on any atom is 0.412 e. The predicted octanol–water partition coefficient (Wildman–Crippen LogP) is 4.36. The second-order valence-corrected chi connectivity index (χ2v) is 11.3. The second-order valence-electron chi connectivity index (χ2n) is 11.3. The summed E-state index contributed by atoms with van der Waals surface area (Å²) in [6, 6.07) is 16.9. The number of rotatable bonds is 10. The van der Waals surface area contributed by atoms with Crippen LogP contribution in [0.4, 0.5) is 10.5 Å². The summed E-state index contributed by atoms with van der Waals surface area (Å²) in [5.74, 6) is -1.24. The number of hydrogen-bond donors (Lipinski definition) is 2. The topological polar surface area (TPSA) is 158 Å². The van der Waals surface area contributed by atoms with Gasteiger partial charge in [-0.3, -0.25) is 24.3 Å². The van der Waals surface area contributed by atoms with E-state index in [0.717, 1.165) is 10.1 Å². The van der Waals surface area contributed by atoms with Crippen molar-refractivity contribution in [2.45, 2.75) is 59.2 Å². The second kappa shape index (κ2) is 13.2. The number of aromatic nitrogens is 4. The summed E-state index contributed by atoms with van der Waals surface area (Å²) in [5, 5.41) is 13.0. The van der Waals surface area contributed by atoms with Gasteiger partial charge in [0.15, 0.2) is 0 Å². The van der Waals surface area contributed by atoms with E-state index in [4.69, 9.17) is 9.15 Å². The normalized spacial score (nSPS) is 12.0. The van der Waals surface area contributed by atoms with Gasteiger partial charge >= 0.3 is 6.09 Å². The molecule has 0 aliphatic carbocycles. The third kappa shape index (κ3) is 7.79. The van der Waals surface area contributed by atoms with E-state index >= 15 is 0 Å². The SMILES string of the molecule is CC(C)[C@@H](NC(=O)Cn1c(-c2ccccc2)ncc(NC(=O)OCc2ccccc2)c1=O)C(=O)c1nnc(C(C)(C)C)o1. The molecule has 0 saturated heterocycles. The molecule has 2 heterocycles. The highest BCUT2D eigenvalue weighted by atomic mass is 16.5. The van der Waals surface area contributed by atoms with Crippen LogP contribution >= 0.6 is 0 Å². The molecule has 0 unspecified atom stereocenters. The van der Waals surface area contributed by atoms with Gasteiger partial charge in [-0.15, -0.1) is 10.2 Å². The summed E-state index contributed by atoms with van der Waals surface area (Å²) >= 11 is 0. The average Bonchev–Trinajstić information content (AvgIpc) is 3.49. The maximum atomic E-state index is 13.6. The molecule has 0 fully saturated rings. The fourth-order valence-corrected chi connectivity index (χ4v) is 4.07. The molecule has 1 atom stereocenters. The first-order valence-corrected chi connectivity index (χ1v) is 13.7. The Hall–Kier alpha value is -5.13. The molecule has 4 aromatic rings. The number of carbonyl (C=O) groups is 3. The molecule has 0 spiro atoms. The monoisotopic (exact) mass is 586 g/mol. The Balaban J connectivity index is 1.56. The number of carbonyl (C=O) groups excluding carboxylic acids is 3. The van der Waals surface area contributed by atoms with Crippen LogP contribution in [0, 0.1) is 5.92 Å². The van der Waals surface area contributed by atoms with Crippen molar-refractivity contribution in [3.63, 3.8) is 0 Å². The molecule has 12 nitrogen and oxygen atoms in total. The standard InChI is InChI=1S/C31H34N6O6/c1-19(2)24(25(39)27-35-36-29(43-27)31(3,4)5)34-23(38)17-37-26(21-14-10-7-11-15-21)32-16-22(28(37)40)33-30(41)42-18-20-12-8-6-9-13-20/h6-16,19,24H,17-18H2,1-5H3,(H,33,41)(H,34,38)/t24-/m1/s1. The fourth-order valence-electron chi connectivity index (χ4n) is 4.07. The highest BCUT2D eigenvalue weighted by molar-refractivity contribution is 5.98. The molecule has 0 saturated carbocycles. The van der Waals surface area contributed by atoms with Crippen LogP contribution in [0.15, 0.2) is 76.1 Å². The lowest BCUT2D eigenvalue weighted by molar-refractivity contribution is -0.122. The van der Waals surface area contributed by atoms with E-state index in [0.29, 0.717) is 11.5 Å². The van der Waals surface area contributed by atoms with Crippen LogP contribution in [0.3, 0.4) is 0 Å². The fraction of sp³-hybridized carbons (Fsp3) is 0.323. The first kappa shape index (κ1) is 30.8. The number of nitrogens with zero attached hydrogens (tertiary/aromatic N) is 4. The van der Waals surface area contributed by atoms with E-state index in [1.807, 2.05) is 39.0 Å². The Labute approximate surface area is 248 Å². The smallest absolute Gasteiger partial charge is 0.412 e. The van der Waals surface area contributed by atoms with Crippen molar-refractivity contribution in [2.24, 2.45) is 5.92 Å². The van der Waals surface area contributed by atoms with Crippen LogP contribution in [-0.2, 0) is 28.1 Å². The summed E-state index contributed by atoms with van der Waals surface area (Å²) in [5.41, 5.74) is 0.0238. The van der Waals surface area contributed by atoms with Gasteiger partial charge in [-0.25, -0.2) is 9.78 Å². The molecule has 12 heteroatoms. The minimum Gasteiger partial charge on any atom is -0.444 e. The van der Waals surface area contributed by atoms with E-state index < -0.39 is 41.3 Å². The zero-order chi connectivity index (χ0) is 31.1. The van der Waals surface area contributed by atoms with Gasteiger partial charge < -0.3 is 14.5 Å². The van der Waals surface area contributed by atoms with Crippen LogP contribution in [0.1, 0.15) is 56.8 Å². The lowest BCUT2D eigenvalue weighted by Gasteiger charge is -2.21. The zero-order valence-corrected chi connectivity index (χ0v) is 24.7. The average molecular weight is 587 g/mol. The van der Waals surface area contributed by atoms with E-state index in [1.165, 1.54) is 6.20 Å². The lowest BCUT2D eigenvalue weighted by atomic mass is 9.97. The van der Waals surface area contributed by atoms with Crippen LogP contribution in [-0.4, -0.2) is 43.6 Å². The number of nitrogens with one attached hydrogen (secondary N) is 2. The molecule has 0 aliphatic heterocycles. The first-order valence-electron chi connectivity index (χ1n) is 13.7. The van der Waals surface area contributed by atoms with Gasteiger partial charge in [-0.1, -0.05) is 95.3 Å². The summed E-state index contributed by atoms with van der Waals surface area (Å²) in [6.45, 7) is 8.66. The molecular weight excluding hydrogens is 552 g/mol. The quantitative estimate of drug-likeness (QED) is 0.258. The number of hydrogen-bond acceptors (Lipinski definition) is 9. The van der Waals surface area contributed by atoms with Crippen LogP contribution < -0.4 is 16.2 Å². The maximum absolute atomic E-state index is 13.6. The third-order valence-electron chi connectivity index (χ3n) is 6.37. The number of ketones is 1. The van der Waals surface area contributed by atoms with Crippen LogP contribution in [0.2, 0.25) is 0 Å². The predicted molar refractivity (Wildman–Crippen MR) is 158 cm³/mol. The van der Waals surface area contributed by atoms with Crippen LogP contribution in [0.5, 0.6) is 0 Å². The molecule has 224 valence electrons. The Morgan fingerprint density at radius 2 is 1.63 bits per heavy atom. The van der Waals surface area contributed by atoms with E-state index in [9.17, 15) is 19.2 Å². The minimum absolute atomic E-state index is 0.000703. The molecular formula is C31H34N6O6. The molecule has 43 heavy (non-hydrogen) atoms. The Morgan fingerprint density at radius 1 is 0.977 bits per heavy atom. The van der Waals surface area contributed by atoms with Crippen molar-refractivity contribution in [3.8, 4) is 11.4 Å². The number of benzene rings is 2. The van der Waals surface area contributed by atoms with Crippen molar-refractivity contribution >= 4 is 23.5 Å². The van der Waals surface area contributed by atoms with Crippen molar-refractivity contribution in [1.29, 1.82) is 0 Å².